The third kappa shape index (κ3) is 7.20. The van der Waals surface area contributed by atoms with Gasteiger partial charge in [0.25, 0.3) is 0 Å². The minimum Gasteiger partial charge on any atom is -0.465 e. The SMILES string of the molecule is CCCOC(=O)[C@H]1CC[C@H](C(CN)NC(=O)OC(C)(C)C)CC1. The van der Waals surface area contributed by atoms with Crippen LogP contribution >= 0.6 is 0 Å². The van der Waals surface area contributed by atoms with Gasteiger partial charge in [0.1, 0.15) is 5.60 Å². The summed E-state index contributed by atoms with van der Waals surface area (Å²) in [6, 6.07) is -0.113. The lowest BCUT2D eigenvalue weighted by Crippen LogP contribution is -2.48. The standard InChI is InChI=1S/C17H32N2O4/c1-5-10-22-15(20)13-8-6-12(7-9-13)14(11-18)19-16(21)23-17(2,3)4/h12-14H,5-11,18H2,1-4H3,(H,19,21)/t12-,13-,14?. The summed E-state index contributed by atoms with van der Waals surface area (Å²) in [7, 11) is 0. The van der Waals surface area contributed by atoms with E-state index in [9.17, 15) is 9.59 Å². The van der Waals surface area contributed by atoms with Gasteiger partial charge in [0.05, 0.1) is 12.5 Å². The van der Waals surface area contributed by atoms with E-state index in [1.54, 1.807) is 0 Å². The summed E-state index contributed by atoms with van der Waals surface area (Å²) in [5.41, 5.74) is 5.29. The zero-order chi connectivity index (χ0) is 17.5. The second-order valence-corrected chi connectivity index (χ2v) is 7.27. The summed E-state index contributed by atoms with van der Waals surface area (Å²) in [6.07, 6.45) is 3.72. The highest BCUT2D eigenvalue weighted by molar-refractivity contribution is 5.72. The van der Waals surface area contributed by atoms with Crippen molar-refractivity contribution < 1.29 is 19.1 Å². The molecule has 23 heavy (non-hydrogen) atoms. The van der Waals surface area contributed by atoms with Gasteiger partial charge in [-0.2, -0.15) is 0 Å². The third-order valence-corrected chi connectivity index (χ3v) is 4.08. The fraction of sp³-hybridized carbons (Fsp3) is 0.882. The molecule has 1 aliphatic carbocycles. The van der Waals surface area contributed by atoms with E-state index in [0.29, 0.717) is 13.2 Å². The van der Waals surface area contributed by atoms with Crippen LogP contribution in [0, 0.1) is 11.8 Å². The highest BCUT2D eigenvalue weighted by Crippen LogP contribution is 2.31. The molecule has 0 radical (unpaired) electrons. The van der Waals surface area contributed by atoms with Crippen LogP contribution in [0.1, 0.15) is 59.8 Å². The predicted octanol–water partition coefficient (Wildman–Crippen LogP) is 2.60. The van der Waals surface area contributed by atoms with E-state index in [0.717, 1.165) is 32.1 Å². The quantitative estimate of drug-likeness (QED) is 0.731. The Bertz CT molecular complexity index is 385. The highest BCUT2D eigenvalue weighted by atomic mass is 16.6. The molecule has 0 aromatic rings. The normalized spacial score (nSPS) is 23.0. The molecule has 0 heterocycles. The van der Waals surface area contributed by atoms with E-state index in [1.807, 2.05) is 27.7 Å². The van der Waals surface area contributed by atoms with Crippen molar-refractivity contribution in [2.75, 3.05) is 13.2 Å². The van der Waals surface area contributed by atoms with E-state index >= 15 is 0 Å². The predicted molar refractivity (Wildman–Crippen MR) is 88.9 cm³/mol. The van der Waals surface area contributed by atoms with Crippen molar-refractivity contribution >= 4 is 12.1 Å². The monoisotopic (exact) mass is 328 g/mol. The fourth-order valence-corrected chi connectivity index (χ4v) is 2.91. The second kappa shape index (κ2) is 9.11. The zero-order valence-corrected chi connectivity index (χ0v) is 14.9. The number of ether oxygens (including phenoxy) is 2. The number of carbonyl (C=O) groups is 2. The molecule has 1 atom stereocenters. The maximum Gasteiger partial charge on any atom is 0.407 e. The lowest BCUT2D eigenvalue weighted by molar-refractivity contribution is -0.150. The van der Waals surface area contributed by atoms with Gasteiger partial charge in [-0.15, -0.1) is 0 Å². The molecule has 6 nitrogen and oxygen atoms in total. The summed E-state index contributed by atoms with van der Waals surface area (Å²) in [5.74, 6) is 0.176. The Morgan fingerprint density at radius 3 is 2.30 bits per heavy atom. The summed E-state index contributed by atoms with van der Waals surface area (Å²) >= 11 is 0. The maximum atomic E-state index is 11.9. The first kappa shape index (κ1) is 19.7. The van der Waals surface area contributed by atoms with Gasteiger partial charge in [0, 0.05) is 12.6 Å². The first-order valence-corrected chi connectivity index (χ1v) is 8.63. The molecule has 1 aliphatic rings. The number of alkyl carbamates (subject to hydrolysis) is 1. The largest absolute Gasteiger partial charge is 0.465 e. The van der Waals surface area contributed by atoms with Gasteiger partial charge < -0.3 is 20.5 Å². The molecule has 1 unspecified atom stereocenters. The van der Waals surface area contributed by atoms with Crippen molar-refractivity contribution in [3.8, 4) is 0 Å². The first-order valence-electron chi connectivity index (χ1n) is 8.63. The van der Waals surface area contributed by atoms with Crippen LogP contribution in [0.15, 0.2) is 0 Å². The molecule has 3 N–H and O–H groups in total. The van der Waals surface area contributed by atoms with E-state index < -0.39 is 11.7 Å². The minimum absolute atomic E-state index is 0.0160. The summed E-state index contributed by atoms with van der Waals surface area (Å²) in [6.45, 7) is 8.34. The van der Waals surface area contributed by atoms with Crippen LogP contribution < -0.4 is 11.1 Å². The molecule has 6 heteroatoms. The Labute approximate surface area is 139 Å². The molecule has 0 spiro atoms. The summed E-state index contributed by atoms with van der Waals surface area (Å²) in [5, 5.41) is 2.87. The van der Waals surface area contributed by atoms with Gasteiger partial charge in [-0.05, 0) is 58.8 Å². The lowest BCUT2D eigenvalue weighted by Gasteiger charge is -2.33. The number of hydrogen-bond donors (Lipinski definition) is 2. The number of carbonyl (C=O) groups excluding carboxylic acids is 2. The number of hydrogen-bond acceptors (Lipinski definition) is 5. The Morgan fingerprint density at radius 2 is 1.83 bits per heavy atom. The molecular weight excluding hydrogens is 296 g/mol. The van der Waals surface area contributed by atoms with E-state index in [2.05, 4.69) is 5.32 Å². The number of esters is 1. The Kier molecular flexibility index (Phi) is 7.82. The van der Waals surface area contributed by atoms with E-state index in [1.165, 1.54) is 0 Å². The molecule has 0 aromatic heterocycles. The van der Waals surface area contributed by atoms with Crippen LogP contribution in [0.25, 0.3) is 0 Å². The number of amides is 1. The average molecular weight is 328 g/mol. The van der Waals surface area contributed by atoms with Crippen molar-refractivity contribution in [2.45, 2.75) is 71.4 Å². The lowest BCUT2D eigenvalue weighted by atomic mass is 9.78. The Hall–Kier alpha value is -1.30. The molecule has 1 amide bonds. The highest BCUT2D eigenvalue weighted by Gasteiger charge is 2.32. The molecule has 0 saturated heterocycles. The van der Waals surface area contributed by atoms with Crippen LogP contribution in [0.5, 0.6) is 0 Å². The van der Waals surface area contributed by atoms with Gasteiger partial charge in [-0.25, -0.2) is 4.79 Å². The molecule has 0 bridgehead atoms. The van der Waals surface area contributed by atoms with Crippen LogP contribution in [0.3, 0.4) is 0 Å². The molecule has 1 fully saturated rings. The summed E-state index contributed by atoms with van der Waals surface area (Å²) in [4.78, 5) is 23.8. The average Bonchev–Trinajstić information content (AvgIpc) is 2.48. The molecule has 134 valence electrons. The summed E-state index contributed by atoms with van der Waals surface area (Å²) < 4.78 is 10.5. The molecule has 0 aliphatic heterocycles. The Balaban J connectivity index is 2.44. The smallest absolute Gasteiger partial charge is 0.407 e. The van der Waals surface area contributed by atoms with E-state index in [4.69, 9.17) is 15.2 Å². The maximum absolute atomic E-state index is 11.9. The van der Waals surface area contributed by atoms with Crippen molar-refractivity contribution in [3.63, 3.8) is 0 Å². The first-order chi connectivity index (χ1) is 10.8. The zero-order valence-electron chi connectivity index (χ0n) is 14.9. The van der Waals surface area contributed by atoms with Crippen LogP contribution in [0.4, 0.5) is 4.79 Å². The molecular formula is C17H32N2O4. The van der Waals surface area contributed by atoms with Gasteiger partial charge in [0.2, 0.25) is 0 Å². The second-order valence-electron chi connectivity index (χ2n) is 7.27. The van der Waals surface area contributed by atoms with Crippen LogP contribution in [-0.2, 0) is 14.3 Å². The van der Waals surface area contributed by atoms with Gasteiger partial charge in [-0.1, -0.05) is 6.92 Å². The Morgan fingerprint density at radius 1 is 1.22 bits per heavy atom. The van der Waals surface area contributed by atoms with Gasteiger partial charge in [0.15, 0.2) is 0 Å². The molecule has 1 rings (SSSR count). The van der Waals surface area contributed by atoms with Crippen LogP contribution in [0.2, 0.25) is 0 Å². The molecule has 1 saturated carbocycles. The van der Waals surface area contributed by atoms with Crippen LogP contribution in [-0.4, -0.2) is 36.9 Å². The van der Waals surface area contributed by atoms with Crippen molar-refractivity contribution in [1.82, 2.24) is 5.32 Å². The molecule has 0 aromatic carbocycles. The minimum atomic E-state index is -0.524. The topological polar surface area (TPSA) is 90.6 Å². The third-order valence-electron chi connectivity index (χ3n) is 4.08. The van der Waals surface area contributed by atoms with Gasteiger partial charge in [-0.3, -0.25) is 4.79 Å². The van der Waals surface area contributed by atoms with E-state index in [-0.39, 0.29) is 23.8 Å². The fourth-order valence-electron chi connectivity index (χ4n) is 2.91. The number of nitrogens with one attached hydrogen (secondary N) is 1. The number of nitrogens with two attached hydrogens (primary N) is 1. The number of rotatable bonds is 6. The van der Waals surface area contributed by atoms with Crippen molar-refractivity contribution in [1.29, 1.82) is 0 Å². The van der Waals surface area contributed by atoms with Crippen molar-refractivity contribution in [3.05, 3.63) is 0 Å². The van der Waals surface area contributed by atoms with Crippen molar-refractivity contribution in [2.24, 2.45) is 17.6 Å². The van der Waals surface area contributed by atoms with Gasteiger partial charge >= 0.3 is 12.1 Å².